The van der Waals surface area contributed by atoms with Crippen LogP contribution in [0.25, 0.3) is 0 Å². The quantitative estimate of drug-likeness (QED) is 0.587. The molecule has 1 spiro atoms. The van der Waals surface area contributed by atoms with Crippen LogP contribution in [0, 0.1) is 5.41 Å². The minimum atomic E-state index is -2.80. The summed E-state index contributed by atoms with van der Waals surface area (Å²) in [5.41, 5.74) is -0.978. The van der Waals surface area contributed by atoms with E-state index in [1.165, 1.54) is 21.9 Å². The average Bonchev–Trinajstić information content (AvgIpc) is 3.45. The maximum atomic E-state index is 14.0. The maximum absolute atomic E-state index is 14.0. The number of benzene rings is 1. The number of halogens is 2. The van der Waals surface area contributed by atoms with Gasteiger partial charge in [0, 0.05) is 57.2 Å². The topological polar surface area (TPSA) is 93.9 Å². The molecule has 9 nitrogen and oxygen atoms in total. The second kappa shape index (κ2) is 11.0. The van der Waals surface area contributed by atoms with Crippen LogP contribution in [0.3, 0.4) is 0 Å². The third kappa shape index (κ3) is 5.46. The number of likely N-dealkylation sites (tertiary alicyclic amines) is 1. The normalized spacial score (nSPS) is 27.8. The summed E-state index contributed by atoms with van der Waals surface area (Å²) in [6.45, 7) is 2.93. The van der Waals surface area contributed by atoms with Gasteiger partial charge in [0.05, 0.1) is 31.1 Å². The van der Waals surface area contributed by atoms with Crippen molar-refractivity contribution in [3.05, 3.63) is 58.6 Å². The van der Waals surface area contributed by atoms with Crippen LogP contribution in [0.1, 0.15) is 56.6 Å². The first-order valence-electron chi connectivity index (χ1n) is 14.9. The van der Waals surface area contributed by atoms with E-state index in [9.17, 15) is 23.5 Å². The molecular formula is C30H40F2N6O3. The Kier molecular flexibility index (Phi) is 7.52. The van der Waals surface area contributed by atoms with Gasteiger partial charge in [0.25, 0.3) is 11.5 Å². The van der Waals surface area contributed by atoms with Crippen molar-refractivity contribution >= 4 is 11.8 Å². The SMILES string of the molecule is O=C(N1CCC(O)(Cn2cnc(N3CCCC(F)(F)C3)cc2=O)C2(CCCC2)C1)N1CCNCC1c1ccccc1. The predicted octanol–water partition coefficient (Wildman–Crippen LogP) is 3.24. The van der Waals surface area contributed by atoms with Crippen LogP contribution in [-0.4, -0.2) is 87.8 Å². The molecule has 1 aromatic carbocycles. The number of piperazine rings is 1. The molecule has 2 atom stereocenters. The molecule has 3 saturated heterocycles. The van der Waals surface area contributed by atoms with Crippen LogP contribution in [-0.2, 0) is 6.54 Å². The number of amides is 2. The molecule has 4 aliphatic rings. The van der Waals surface area contributed by atoms with Crippen molar-refractivity contribution in [2.75, 3.05) is 50.7 Å². The summed E-state index contributed by atoms with van der Waals surface area (Å²) in [4.78, 5) is 36.8. The Morgan fingerprint density at radius 1 is 1.02 bits per heavy atom. The van der Waals surface area contributed by atoms with Crippen molar-refractivity contribution in [1.82, 2.24) is 24.7 Å². The third-order valence-corrected chi connectivity index (χ3v) is 9.79. The number of alkyl halides is 2. The zero-order valence-corrected chi connectivity index (χ0v) is 23.5. The van der Waals surface area contributed by atoms with Crippen LogP contribution >= 0.6 is 0 Å². The number of nitrogens with one attached hydrogen (secondary N) is 1. The first-order valence-corrected chi connectivity index (χ1v) is 14.9. The van der Waals surface area contributed by atoms with Crippen molar-refractivity contribution in [2.45, 2.75) is 69.1 Å². The third-order valence-electron chi connectivity index (χ3n) is 9.79. The number of hydrogen-bond donors (Lipinski definition) is 2. The van der Waals surface area contributed by atoms with E-state index in [1.54, 1.807) is 0 Å². The molecule has 4 fully saturated rings. The van der Waals surface area contributed by atoms with E-state index in [0.717, 1.165) is 37.8 Å². The molecule has 41 heavy (non-hydrogen) atoms. The van der Waals surface area contributed by atoms with Gasteiger partial charge in [-0.2, -0.15) is 0 Å². The van der Waals surface area contributed by atoms with E-state index in [-0.39, 0.29) is 36.4 Å². The molecule has 2 amide bonds. The van der Waals surface area contributed by atoms with E-state index in [0.29, 0.717) is 45.6 Å². The van der Waals surface area contributed by atoms with Gasteiger partial charge in [-0.25, -0.2) is 18.6 Å². The zero-order valence-electron chi connectivity index (χ0n) is 23.5. The molecule has 3 aliphatic heterocycles. The molecule has 11 heteroatoms. The Morgan fingerprint density at radius 3 is 2.54 bits per heavy atom. The number of carbonyl (C=O) groups is 1. The highest BCUT2D eigenvalue weighted by atomic mass is 19.3. The van der Waals surface area contributed by atoms with Gasteiger partial charge in [-0.3, -0.25) is 9.36 Å². The van der Waals surface area contributed by atoms with Gasteiger partial charge < -0.3 is 25.1 Å². The van der Waals surface area contributed by atoms with Crippen LogP contribution < -0.4 is 15.8 Å². The first-order chi connectivity index (χ1) is 19.7. The van der Waals surface area contributed by atoms with E-state index in [4.69, 9.17) is 0 Å². The summed E-state index contributed by atoms with van der Waals surface area (Å²) in [5.74, 6) is -2.55. The van der Waals surface area contributed by atoms with Gasteiger partial charge in [0.15, 0.2) is 0 Å². The van der Waals surface area contributed by atoms with Gasteiger partial charge in [-0.15, -0.1) is 0 Å². The molecule has 6 rings (SSSR count). The number of hydrogen-bond acceptors (Lipinski definition) is 6. The second-order valence-corrected chi connectivity index (χ2v) is 12.4. The van der Waals surface area contributed by atoms with Crippen LogP contribution in [0.15, 0.2) is 47.5 Å². The minimum Gasteiger partial charge on any atom is -0.387 e. The Hall–Kier alpha value is -3.05. The smallest absolute Gasteiger partial charge is 0.320 e. The molecule has 0 bridgehead atoms. The number of piperidine rings is 2. The Bertz CT molecular complexity index is 1300. The predicted molar refractivity (Wildman–Crippen MR) is 151 cm³/mol. The number of aliphatic hydroxyl groups is 1. The van der Waals surface area contributed by atoms with Gasteiger partial charge >= 0.3 is 6.03 Å². The highest BCUT2D eigenvalue weighted by molar-refractivity contribution is 5.75. The van der Waals surface area contributed by atoms with Crippen molar-refractivity contribution in [1.29, 1.82) is 0 Å². The number of urea groups is 1. The number of carbonyl (C=O) groups excluding carboxylic acids is 1. The van der Waals surface area contributed by atoms with Crippen molar-refractivity contribution in [2.24, 2.45) is 5.41 Å². The van der Waals surface area contributed by atoms with Gasteiger partial charge in [-0.1, -0.05) is 43.2 Å². The summed E-state index contributed by atoms with van der Waals surface area (Å²) < 4.78 is 29.3. The summed E-state index contributed by atoms with van der Waals surface area (Å²) >= 11 is 0. The number of anilines is 1. The molecule has 2 unspecified atom stereocenters. The summed E-state index contributed by atoms with van der Waals surface area (Å²) in [6, 6.07) is 11.3. The molecule has 4 heterocycles. The fraction of sp³-hybridized carbons (Fsp3) is 0.633. The lowest BCUT2D eigenvalue weighted by atomic mass is 9.66. The second-order valence-electron chi connectivity index (χ2n) is 12.4. The Balaban J connectivity index is 1.20. The minimum absolute atomic E-state index is 0.00445. The monoisotopic (exact) mass is 570 g/mol. The van der Waals surface area contributed by atoms with Crippen molar-refractivity contribution in [3.8, 4) is 0 Å². The largest absolute Gasteiger partial charge is 0.387 e. The van der Waals surface area contributed by atoms with Gasteiger partial charge in [0.2, 0.25) is 0 Å². The Morgan fingerprint density at radius 2 is 1.80 bits per heavy atom. The van der Waals surface area contributed by atoms with E-state index in [1.807, 2.05) is 28.0 Å². The van der Waals surface area contributed by atoms with Crippen LogP contribution in [0.2, 0.25) is 0 Å². The highest BCUT2D eigenvalue weighted by Gasteiger charge is 2.56. The lowest BCUT2D eigenvalue weighted by Crippen LogP contribution is -2.64. The summed E-state index contributed by atoms with van der Waals surface area (Å²) in [7, 11) is 0. The maximum Gasteiger partial charge on any atom is 0.320 e. The Labute approximate surface area is 239 Å². The fourth-order valence-corrected chi connectivity index (χ4v) is 7.50. The number of rotatable bonds is 4. The molecule has 1 saturated carbocycles. The molecule has 2 aromatic rings. The lowest BCUT2D eigenvalue weighted by Gasteiger charge is -2.53. The number of nitrogens with zero attached hydrogens (tertiary/aromatic N) is 5. The zero-order chi connectivity index (χ0) is 28.7. The highest BCUT2D eigenvalue weighted by Crippen LogP contribution is 2.52. The molecule has 0 radical (unpaired) electrons. The first kappa shape index (κ1) is 28.1. The van der Waals surface area contributed by atoms with Crippen molar-refractivity contribution < 1.29 is 18.7 Å². The van der Waals surface area contributed by atoms with E-state index < -0.39 is 23.5 Å². The van der Waals surface area contributed by atoms with E-state index in [2.05, 4.69) is 22.4 Å². The molecule has 1 aromatic heterocycles. The fourth-order valence-electron chi connectivity index (χ4n) is 7.50. The van der Waals surface area contributed by atoms with E-state index >= 15 is 0 Å². The van der Waals surface area contributed by atoms with Crippen molar-refractivity contribution in [3.63, 3.8) is 0 Å². The molecule has 1 aliphatic carbocycles. The standard InChI is InChI=1S/C30H40F2N6O3/c31-30(32)11-6-14-35(21-30)25-17-26(39)37(22-34-25)20-29(41)12-15-36(19-28(29)9-4-5-10-28)27(40)38-16-13-33-18-24(38)23-7-2-1-3-8-23/h1-3,7-8,17,22,24,33,41H,4-6,9-16,18-21H2. The molecular weight excluding hydrogens is 530 g/mol. The molecule has 2 N–H and O–H groups in total. The number of aromatic nitrogens is 2. The lowest BCUT2D eigenvalue weighted by molar-refractivity contribution is -0.137. The van der Waals surface area contributed by atoms with Gasteiger partial charge in [-0.05, 0) is 31.2 Å². The summed E-state index contributed by atoms with van der Waals surface area (Å²) in [6.07, 6.45) is 5.40. The average molecular weight is 571 g/mol. The molecule has 222 valence electrons. The van der Waals surface area contributed by atoms with Gasteiger partial charge in [0.1, 0.15) is 5.82 Å². The van der Waals surface area contributed by atoms with Crippen LogP contribution in [0.4, 0.5) is 19.4 Å². The van der Waals surface area contributed by atoms with Crippen LogP contribution in [0.5, 0.6) is 0 Å². The summed E-state index contributed by atoms with van der Waals surface area (Å²) in [5, 5.41) is 15.6.